The molecule has 0 atom stereocenters. The van der Waals surface area contributed by atoms with Crippen LogP contribution in [0.4, 0.5) is 5.13 Å². The molecule has 0 radical (unpaired) electrons. The van der Waals surface area contributed by atoms with E-state index in [1.54, 1.807) is 35.1 Å². The maximum Gasteiger partial charge on any atom is 0.281 e. The zero-order valence-corrected chi connectivity index (χ0v) is 16.6. The maximum absolute atomic E-state index is 12.2. The normalized spacial score (nSPS) is 11.1. The largest absolute Gasteiger partial charge is 0.356 e. The van der Waals surface area contributed by atoms with Gasteiger partial charge in [-0.25, -0.2) is 4.68 Å². The fraction of sp³-hybridized carbons (Fsp3) is 0.0588. The van der Waals surface area contributed by atoms with E-state index in [-0.39, 0.29) is 5.56 Å². The van der Waals surface area contributed by atoms with E-state index in [9.17, 15) is 4.79 Å². The van der Waals surface area contributed by atoms with E-state index in [0.717, 1.165) is 5.69 Å². The highest BCUT2D eigenvalue weighted by Crippen LogP contribution is 2.31. The molecule has 2 aromatic carbocycles. The molecule has 0 spiro atoms. The number of anilines is 1. The molecule has 0 saturated carbocycles. The number of hydrogen-bond acceptors (Lipinski definition) is 6. The van der Waals surface area contributed by atoms with Crippen molar-refractivity contribution >= 4 is 61.4 Å². The van der Waals surface area contributed by atoms with Gasteiger partial charge in [-0.3, -0.25) is 4.79 Å². The van der Waals surface area contributed by atoms with Crippen LogP contribution in [0.3, 0.4) is 0 Å². The monoisotopic (exact) mass is 437 g/mol. The highest BCUT2D eigenvalue weighted by atomic mass is 35.5. The van der Waals surface area contributed by atoms with E-state index in [1.807, 2.05) is 12.1 Å². The zero-order valence-electron chi connectivity index (χ0n) is 13.5. The Morgan fingerprint density at radius 2 is 1.85 bits per heavy atom. The van der Waals surface area contributed by atoms with Crippen molar-refractivity contribution in [2.45, 2.75) is 6.54 Å². The third-order valence-electron chi connectivity index (χ3n) is 3.69. The van der Waals surface area contributed by atoms with Gasteiger partial charge in [-0.05, 0) is 36.4 Å². The molecule has 0 saturated heterocycles. The van der Waals surface area contributed by atoms with E-state index < -0.39 is 0 Å². The van der Waals surface area contributed by atoms with Crippen LogP contribution in [0, 0.1) is 0 Å². The summed E-state index contributed by atoms with van der Waals surface area (Å²) in [6.07, 6.45) is 1.78. The topological polar surface area (TPSA) is 72.7 Å². The minimum Gasteiger partial charge on any atom is -0.356 e. The molecular formula is C17H10Cl3N5OS. The Morgan fingerprint density at radius 1 is 1.07 bits per heavy atom. The molecule has 6 nitrogen and oxygen atoms in total. The second-order valence-corrected chi connectivity index (χ2v) is 7.85. The predicted octanol–water partition coefficient (Wildman–Crippen LogP) is 4.81. The van der Waals surface area contributed by atoms with Crippen LogP contribution in [0.5, 0.6) is 0 Å². The molecule has 10 heteroatoms. The number of fused-ring (bicyclic) bond motifs is 1. The molecule has 27 heavy (non-hydrogen) atoms. The van der Waals surface area contributed by atoms with Gasteiger partial charge >= 0.3 is 0 Å². The Morgan fingerprint density at radius 3 is 2.63 bits per heavy atom. The fourth-order valence-electron chi connectivity index (χ4n) is 2.44. The first-order valence-electron chi connectivity index (χ1n) is 7.70. The number of halogens is 3. The van der Waals surface area contributed by atoms with Crippen molar-refractivity contribution in [2.24, 2.45) is 0 Å². The van der Waals surface area contributed by atoms with Crippen molar-refractivity contribution in [1.29, 1.82) is 0 Å². The number of rotatable bonds is 4. The molecule has 4 rings (SSSR count). The van der Waals surface area contributed by atoms with Crippen LogP contribution < -0.4 is 10.9 Å². The first kappa shape index (κ1) is 18.2. The summed E-state index contributed by atoms with van der Waals surface area (Å²) in [5, 5.41) is 13.6. The van der Waals surface area contributed by atoms with Gasteiger partial charge in [0, 0.05) is 10.0 Å². The van der Waals surface area contributed by atoms with Crippen LogP contribution in [0.15, 0.2) is 47.4 Å². The molecule has 0 unspecified atom stereocenters. The summed E-state index contributed by atoms with van der Waals surface area (Å²) in [6.45, 7) is 0.354. The Kier molecular flexibility index (Phi) is 5.01. The van der Waals surface area contributed by atoms with Gasteiger partial charge in [-0.1, -0.05) is 51.4 Å². The third-order valence-corrected chi connectivity index (χ3v) is 5.65. The SMILES string of the molecule is O=c1nc(NCc2cn(-c3ccc(Cl)cc3)nn2)sc2c(Cl)cc(Cl)cc12. The molecule has 4 aromatic rings. The van der Waals surface area contributed by atoms with Gasteiger partial charge in [0.25, 0.3) is 5.56 Å². The van der Waals surface area contributed by atoms with Crippen molar-refractivity contribution in [3.8, 4) is 5.69 Å². The molecule has 0 fully saturated rings. The first-order valence-corrected chi connectivity index (χ1v) is 9.65. The highest BCUT2D eigenvalue weighted by molar-refractivity contribution is 7.22. The van der Waals surface area contributed by atoms with Crippen LogP contribution in [0.1, 0.15) is 5.69 Å². The smallest absolute Gasteiger partial charge is 0.281 e. The average Bonchev–Trinajstić information content (AvgIpc) is 3.10. The lowest BCUT2D eigenvalue weighted by molar-refractivity contribution is 0.798. The van der Waals surface area contributed by atoms with Gasteiger partial charge in [0.1, 0.15) is 5.69 Å². The third kappa shape index (κ3) is 3.91. The van der Waals surface area contributed by atoms with Crippen molar-refractivity contribution < 1.29 is 0 Å². The van der Waals surface area contributed by atoms with E-state index in [1.165, 1.54) is 11.3 Å². The summed E-state index contributed by atoms with van der Waals surface area (Å²) in [6, 6.07) is 10.4. The van der Waals surface area contributed by atoms with Crippen LogP contribution in [-0.4, -0.2) is 20.0 Å². The van der Waals surface area contributed by atoms with Crippen molar-refractivity contribution in [3.05, 3.63) is 73.7 Å². The van der Waals surface area contributed by atoms with Gasteiger partial charge in [-0.2, -0.15) is 4.98 Å². The molecule has 0 aliphatic rings. The Balaban J connectivity index is 1.55. The van der Waals surface area contributed by atoms with Crippen molar-refractivity contribution in [1.82, 2.24) is 20.0 Å². The number of nitrogens with zero attached hydrogens (tertiary/aromatic N) is 4. The Labute approximate surface area is 172 Å². The molecule has 2 aromatic heterocycles. The second-order valence-electron chi connectivity index (χ2n) is 5.57. The minimum atomic E-state index is -0.388. The molecule has 0 aliphatic heterocycles. The standard InChI is InChI=1S/C17H10Cl3N5OS/c18-9-1-3-12(4-2-9)25-8-11(23-24-25)7-21-17-22-16(26)13-5-10(19)6-14(20)15(13)27-17/h1-6,8H,7H2,(H,21,22,26). The highest BCUT2D eigenvalue weighted by Gasteiger charge is 2.10. The van der Waals surface area contributed by atoms with Gasteiger partial charge in [0.2, 0.25) is 0 Å². The molecule has 2 heterocycles. The van der Waals surface area contributed by atoms with Crippen molar-refractivity contribution in [2.75, 3.05) is 5.32 Å². The zero-order chi connectivity index (χ0) is 19.0. The Hall–Kier alpha value is -2.19. The minimum absolute atomic E-state index is 0.354. The first-order chi connectivity index (χ1) is 13.0. The van der Waals surface area contributed by atoms with Crippen LogP contribution in [-0.2, 0) is 6.54 Å². The lowest BCUT2D eigenvalue weighted by Gasteiger charge is -2.05. The van der Waals surface area contributed by atoms with Gasteiger partial charge in [-0.15, -0.1) is 5.10 Å². The second kappa shape index (κ2) is 7.44. The number of hydrogen-bond donors (Lipinski definition) is 1. The van der Waals surface area contributed by atoms with E-state index in [4.69, 9.17) is 34.8 Å². The number of nitrogens with one attached hydrogen (secondary N) is 1. The molecule has 1 N–H and O–H groups in total. The summed E-state index contributed by atoms with van der Waals surface area (Å²) in [4.78, 5) is 16.3. The summed E-state index contributed by atoms with van der Waals surface area (Å²) in [5.74, 6) is 0. The summed E-state index contributed by atoms with van der Waals surface area (Å²) in [5.41, 5.74) is 1.14. The van der Waals surface area contributed by atoms with E-state index in [0.29, 0.717) is 42.5 Å². The lowest BCUT2D eigenvalue weighted by atomic mass is 10.3. The van der Waals surface area contributed by atoms with Crippen molar-refractivity contribution in [3.63, 3.8) is 0 Å². The summed E-state index contributed by atoms with van der Waals surface area (Å²) in [7, 11) is 0. The fourth-order valence-corrected chi connectivity index (χ4v) is 4.05. The van der Waals surface area contributed by atoms with Gasteiger partial charge < -0.3 is 5.32 Å². The van der Waals surface area contributed by atoms with Gasteiger partial charge in [0.15, 0.2) is 5.13 Å². The Bertz CT molecular complexity index is 1190. The maximum atomic E-state index is 12.2. The van der Waals surface area contributed by atoms with Gasteiger partial charge in [0.05, 0.1) is 33.5 Å². The molecule has 136 valence electrons. The summed E-state index contributed by atoms with van der Waals surface area (Å²) >= 11 is 19.3. The van der Waals surface area contributed by atoms with Crippen LogP contribution >= 0.6 is 46.1 Å². The van der Waals surface area contributed by atoms with Crippen LogP contribution in [0.2, 0.25) is 15.1 Å². The average molecular weight is 439 g/mol. The molecule has 0 aliphatic carbocycles. The number of aromatic nitrogens is 4. The lowest BCUT2D eigenvalue weighted by Crippen LogP contribution is -2.10. The number of benzene rings is 2. The van der Waals surface area contributed by atoms with Crippen LogP contribution in [0.25, 0.3) is 15.8 Å². The van der Waals surface area contributed by atoms with E-state index >= 15 is 0 Å². The van der Waals surface area contributed by atoms with E-state index in [2.05, 4.69) is 20.6 Å². The summed E-state index contributed by atoms with van der Waals surface area (Å²) < 4.78 is 2.27. The molecule has 0 amide bonds. The molecule has 0 bridgehead atoms. The molecular weight excluding hydrogens is 429 g/mol. The quantitative estimate of drug-likeness (QED) is 0.495. The predicted molar refractivity (Wildman–Crippen MR) is 110 cm³/mol.